The number of aryl methyl sites for hydroxylation is 2. The van der Waals surface area contributed by atoms with Crippen LogP contribution in [0.1, 0.15) is 22.3 Å². The summed E-state index contributed by atoms with van der Waals surface area (Å²) in [6, 6.07) is 19.7. The first-order chi connectivity index (χ1) is 16.3. The molecule has 178 valence electrons. The molecule has 0 radical (unpaired) electrons. The van der Waals surface area contributed by atoms with Gasteiger partial charge >= 0.3 is 0 Å². The Morgan fingerprint density at radius 3 is 2.38 bits per heavy atom. The standard InChI is InChI=1S/C27H28Cl2N2O3/c1-18-9-12-25(19(2)13-18)34-17-26(32)31(16-21-10-11-22(28)15-23(21)29)24(27(33)30-3)14-20-7-5-4-6-8-20/h4-13,15,24H,14,16-17H2,1-3H3,(H,30,33). The Bertz CT molecular complexity index is 1150. The van der Waals surface area contributed by atoms with Crippen LogP contribution in [0.2, 0.25) is 10.0 Å². The molecule has 1 N–H and O–H groups in total. The zero-order valence-electron chi connectivity index (χ0n) is 19.5. The summed E-state index contributed by atoms with van der Waals surface area (Å²) in [6.07, 6.45) is 0.348. The number of halogens is 2. The van der Waals surface area contributed by atoms with Crippen LogP contribution in [0.5, 0.6) is 5.75 Å². The lowest BCUT2D eigenvalue weighted by Gasteiger charge is -2.31. The fraction of sp³-hybridized carbons (Fsp3) is 0.259. The molecule has 0 aromatic heterocycles. The number of hydrogen-bond acceptors (Lipinski definition) is 3. The third-order valence-corrected chi connectivity index (χ3v) is 6.14. The predicted octanol–water partition coefficient (Wildman–Crippen LogP) is 5.38. The number of nitrogens with zero attached hydrogens (tertiary/aromatic N) is 1. The maximum absolute atomic E-state index is 13.5. The molecule has 3 rings (SSSR count). The predicted molar refractivity (Wildman–Crippen MR) is 136 cm³/mol. The van der Waals surface area contributed by atoms with Crippen LogP contribution < -0.4 is 10.1 Å². The average molecular weight is 499 g/mol. The zero-order valence-corrected chi connectivity index (χ0v) is 21.0. The fourth-order valence-electron chi connectivity index (χ4n) is 3.74. The molecule has 1 unspecified atom stereocenters. The van der Waals surface area contributed by atoms with Gasteiger partial charge in [-0.3, -0.25) is 9.59 Å². The van der Waals surface area contributed by atoms with E-state index < -0.39 is 6.04 Å². The molecule has 0 saturated carbocycles. The van der Waals surface area contributed by atoms with Crippen molar-refractivity contribution < 1.29 is 14.3 Å². The number of likely N-dealkylation sites (N-methyl/N-ethyl adjacent to an activating group) is 1. The van der Waals surface area contributed by atoms with E-state index in [1.165, 1.54) is 4.90 Å². The number of nitrogens with one attached hydrogen (secondary N) is 1. The minimum absolute atomic E-state index is 0.135. The molecular formula is C27H28Cl2N2O3. The van der Waals surface area contributed by atoms with Gasteiger partial charge in [0.15, 0.2) is 6.61 Å². The highest BCUT2D eigenvalue weighted by Crippen LogP contribution is 2.25. The Kier molecular flexibility index (Phi) is 8.97. The van der Waals surface area contributed by atoms with Crippen molar-refractivity contribution in [3.63, 3.8) is 0 Å². The monoisotopic (exact) mass is 498 g/mol. The van der Waals surface area contributed by atoms with E-state index >= 15 is 0 Å². The summed E-state index contributed by atoms with van der Waals surface area (Å²) < 4.78 is 5.86. The Labute approximate surface area is 210 Å². The van der Waals surface area contributed by atoms with Crippen LogP contribution in [0, 0.1) is 13.8 Å². The number of ether oxygens (including phenoxy) is 1. The second-order valence-electron chi connectivity index (χ2n) is 8.13. The lowest BCUT2D eigenvalue weighted by atomic mass is 10.0. The highest BCUT2D eigenvalue weighted by atomic mass is 35.5. The number of amides is 2. The molecule has 0 bridgehead atoms. The van der Waals surface area contributed by atoms with E-state index in [1.807, 2.05) is 62.4 Å². The minimum atomic E-state index is -0.755. The Hall–Kier alpha value is -3.02. The molecule has 34 heavy (non-hydrogen) atoms. The second kappa shape index (κ2) is 11.9. The van der Waals surface area contributed by atoms with E-state index in [0.717, 1.165) is 16.7 Å². The van der Waals surface area contributed by atoms with Gasteiger partial charge in [0.1, 0.15) is 11.8 Å². The van der Waals surface area contributed by atoms with Crippen molar-refractivity contribution in [1.82, 2.24) is 10.2 Å². The lowest BCUT2D eigenvalue weighted by Crippen LogP contribution is -2.51. The average Bonchev–Trinajstić information content (AvgIpc) is 2.82. The van der Waals surface area contributed by atoms with Gasteiger partial charge in [-0.15, -0.1) is 0 Å². The van der Waals surface area contributed by atoms with Gasteiger partial charge in [0.25, 0.3) is 5.91 Å². The summed E-state index contributed by atoms with van der Waals surface area (Å²) in [4.78, 5) is 28.0. The lowest BCUT2D eigenvalue weighted by molar-refractivity contribution is -0.142. The molecular weight excluding hydrogens is 471 g/mol. The van der Waals surface area contributed by atoms with Crippen LogP contribution in [0.15, 0.2) is 66.7 Å². The summed E-state index contributed by atoms with van der Waals surface area (Å²) in [5, 5.41) is 3.62. The van der Waals surface area contributed by atoms with Gasteiger partial charge in [0.05, 0.1) is 0 Å². The normalized spacial score (nSPS) is 11.6. The number of rotatable bonds is 9. The first-order valence-corrected chi connectivity index (χ1v) is 11.7. The van der Waals surface area contributed by atoms with Crippen molar-refractivity contribution >= 4 is 35.0 Å². The van der Waals surface area contributed by atoms with E-state index in [9.17, 15) is 9.59 Å². The third kappa shape index (κ3) is 6.75. The molecule has 0 aliphatic carbocycles. The van der Waals surface area contributed by atoms with Crippen LogP contribution in [0.4, 0.5) is 0 Å². The number of benzene rings is 3. The van der Waals surface area contributed by atoms with Gasteiger partial charge in [-0.05, 0) is 48.7 Å². The van der Waals surface area contributed by atoms with E-state index in [2.05, 4.69) is 5.32 Å². The molecule has 5 nitrogen and oxygen atoms in total. The SMILES string of the molecule is CNC(=O)C(Cc1ccccc1)N(Cc1ccc(Cl)cc1Cl)C(=O)COc1ccc(C)cc1C. The molecule has 0 aliphatic heterocycles. The molecule has 3 aromatic carbocycles. The van der Waals surface area contributed by atoms with Crippen molar-refractivity contribution in [3.05, 3.63) is 99.0 Å². The smallest absolute Gasteiger partial charge is 0.261 e. The van der Waals surface area contributed by atoms with Crippen LogP contribution in [-0.4, -0.2) is 36.4 Å². The van der Waals surface area contributed by atoms with Crippen LogP contribution in [-0.2, 0) is 22.6 Å². The number of carbonyl (C=O) groups is 2. The van der Waals surface area contributed by atoms with Gasteiger partial charge < -0.3 is 15.0 Å². The third-order valence-electron chi connectivity index (χ3n) is 5.55. The molecule has 0 aliphatic rings. The van der Waals surface area contributed by atoms with Gasteiger partial charge in [-0.25, -0.2) is 0 Å². The highest BCUT2D eigenvalue weighted by molar-refractivity contribution is 6.35. The van der Waals surface area contributed by atoms with Gasteiger partial charge in [-0.1, -0.05) is 77.3 Å². The Morgan fingerprint density at radius 1 is 1.00 bits per heavy atom. The van der Waals surface area contributed by atoms with Crippen molar-refractivity contribution in [2.45, 2.75) is 32.9 Å². The van der Waals surface area contributed by atoms with Crippen LogP contribution in [0.3, 0.4) is 0 Å². The quantitative estimate of drug-likeness (QED) is 0.431. The highest BCUT2D eigenvalue weighted by Gasteiger charge is 2.30. The van der Waals surface area contributed by atoms with E-state index in [-0.39, 0.29) is 25.0 Å². The summed E-state index contributed by atoms with van der Waals surface area (Å²) in [5.74, 6) is 0.0345. The first kappa shape index (κ1) is 25.6. The molecule has 1 atom stereocenters. The minimum Gasteiger partial charge on any atom is -0.483 e. The summed E-state index contributed by atoms with van der Waals surface area (Å²) >= 11 is 12.5. The van der Waals surface area contributed by atoms with Crippen LogP contribution >= 0.6 is 23.2 Å². The Balaban J connectivity index is 1.91. The molecule has 3 aromatic rings. The van der Waals surface area contributed by atoms with Gasteiger partial charge in [-0.2, -0.15) is 0 Å². The fourth-order valence-corrected chi connectivity index (χ4v) is 4.21. The molecule has 0 spiro atoms. The molecule has 2 amide bonds. The zero-order chi connectivity index (χ0) is 24.7. The van der Waals surface area contributed by atoms with Crippen molar-refractivity contribution in [3.8, 4) is 5.75 Å². The number of carbonyl (C=O) groups excluding carboxylic acids is 2. The topological polar surface area (TPSA) is 58.6 Å². The Morgan fingerprint density at radius 2 is 1.74 bits per heavy atom. The molecule has 0 saturated heterocycles. The largest absolute Gasteiger partial charge is 0.483 e. The molecule has 7 heteroatoms. The summed E-state index contributed by atoms with van der Waals surface area (Å²) in [5.41, 5.74) is 3.67. The van der Waals surface area contributed by atoms with Gasteiger partial charge in [0.2, 0.25) is 5.91 Å². The second-order valence-corrected chi connectivity index (χ2v) is 8.98. The number of hydrogen-bond donors (Lipinski definition) is 1. The first-order valence-electron chi connectivity index (χ1n) is 11.0. The van der Waals surface area contributed by atoms with Crippen molar-refractivity contribution in [1.29, 1.82) is 0 Å². The van der Waals surface area contributed by atoms with Gasteiger partial charge in [0, 0.05) is 30.1 Å². The van der Waals surface area contributed by atoms with E-state index in [1.54, 1.807) is 25.2 Å². The molecule has 0 heterocycles. The summed E-state index contributed by atoms with van der Waals surface area (Å²) in [6.45, 7) is 3.85. The van der Waals surface area contributed by atoms with Crippen LogP contribution in [0.25, 0.3) is 0 Å². The van der Waals surface area contributed by atoms with E-state index in [4.69, 9.17) is 27.9 Å². The van der Waals surface area contributed by atoms with E-state index in [0.29, 0.717) is 27.8 Å². The summed E-state index contributed by atoms with van der Waals surface area (Å²) in [7, 11) is 1.56. The molecule has 0 fully saturated rings. The maximum Gasteiger partial charge on any atom is 0.261 e. The maximum atomic E-state index is 13.5. The van der Waals surface area contributed by atoms with Crippen molar-refractivity contribution in [2.24, 2.45) is 0 Å². The van der Waals surface area contributed by atoms with Crippen molar-refractivity contribution in [2.75, 3.05) is 13.7 Å².